The third-order valence-electron chi connectivity index (χ3n) is 0. The summed E-state index contributed by atoms with van der Waals surface area (Å²) >= 11 is 0. The summed E-state index contributed by atoms with van der Waals surface area (Å²) in [7, 11) is 0. The molecule has 0 saturated carbocycles. The van der Waals surface area contributed by atoms with Gasteiger partial charge in [0.1, 0.15) is 0 Å². The van der Waals surface area contributed by atoms with Crippen molar-refractivity contribution in [2.24, 2.45) is 0 Å². The second kappa shape index (κ2) is 16.7. The molecule has 0 aliphatic rings. The van der Waals surface area contributed by atoms with E-state index in [2.05, 4.69) is 0 Å². The van der Waals surface area contributed by atoms with Crippen LogP contribution in [0.1, 0.15) is 0 Å². The van der Waals surface area contributed by atoms with E-state index >= 15 is 0 Å². The largest absolute Gasteiger partial charge is 0 e. The fraction of sp³-hybridized carbons (Fsp3) is 0. The summed E-state index contributed by atoms with van der Waals surface area (Å²) in [5, 5.41) is 0. The number of rotatable bonds is 0. The van der Waals surface area contributed by atoms with Gasteiger partial charge in [-0.25, -0.2) is 0 Å². The van der Waals surface area contributed by atoms with Crippen LogP contribution >= 0.6 is 0 Å². The van der Waals surface area contributed by atoms with Crippen molar-refractivity contribution in [3.63, 3.8) is 0 Å². The summed E-state index contributed by atoms with van der Waals surface area (Å²) < 4.78 is 0. The molecule has 0 aromatic rings. The molecule has 4 heavy (non-hydrogen) atoms. The zero-order valence-electron chi connectivity index (χ0n) is 2.83. The van der Waals surface area contributed by atoms with Gasteiger partial charge in [0.25, 0.3) is 0 Å². The van der Waals surface area contributed by atoms with Crippen LogP contribution in [0.2, 0.25) is 0 Å². The van der Waals surface area contributed by atoms with E-state index in [1.54, 1.807) is 0 Å². The van der Waals surface area contributed by atoms with Crippen molar-refractivity contribution in [1.82, 2.24) is 0 Å². The van der Waals surface area contributed by atoms with E-state index in [-0.39, 0.29) is 90.9 Å². The zero-order chi connectivity index (χ0) is 0. The predicted octanol–water partition coefficient (Wildman–Crippen LogP) is -3.29. The standard InChI is InChI=1S/AsH3.Bi.Pb.Zn.5H/h1H3;;;;;;;;. The minimum absolute atomic E-state index is 0. The van der Waals surface area contributed by atoms with Crippen molar-refractivity contribution in [1.29, 1.82) is 0 Å². The molecule has 0 aromatic carbocycles. The molecular weight excluding hydrogens is 556 g/mol. The number of hydrogen-bond donors (Lipinski definition) is 0. The van der Waals surface area contributed by atoms with Gasteiger partial charge in [-0.15, -0.1) is 0 Å². The molecule has 0 fully saturated rings. The third-order valence-corrected chi connectivity index (χ3v) is 0. The Kier molecular flexibility index (Phi) is 117. The van der Waals surface area contributed by atoms with Gasteiger partial charge in [0.05, 0.1) is 0 Å². The molecule has 0 heterocycles. The van der Waals surface area contributed by atoms with E-state index in [0.717, 1.165) is 0 Å². The Bertz CT molecular complexity index is 8.00. The fourth-order valence-corrected chi connectivity index (χ4v) is 0. The second-order valence-corrected chi connectivity index (χ2v) is 0. The average Bonchev–Trinajstić information content (AvgIpc) is 0. The van der Waals surface area contributed by atoms with E-state index in [1.807, 2.05) is 0 Å². The van der Waals surface area contributed by atoms with Gasteiger partial charge >= 0.3 is 71.5 Å². The Hall–Kier alpha value is 2.99. The van der Waals surface area contributed by atoms with Crippen LogP contribution in [0.5, 0.6) is 0 Å². The van der Waals surface area contributed by atoms with Crippen LogP contribution in [0.25, 0.3) is 0 Å². The first-order valence-electron chi connectivity index (χ1n) is 0. The van der Waals surface area contributed by atoms with Crippen molar-refractivity contribution in [3.8, 4) is 0 Å². The maximum absolute atomic E-state index is 0. The van der Waals surface area contributed by atoms with Gasteiger partial charge in [0.2, 0.25) is 0 Å². The molecule has 1 atom stereocenters. The Balaban J connectivity index is 0. The summed E-state index contributed by atoms with van der Waals surface area (Å²) in [5.41, 5.74) is 0. The molecule has 0 rings (SSSR count). The summed E-state index contributed by atoms with van der Waals surface area (Å²) in [6.07, 6.45) is 0. The topological polar surface area (TPSA) is 0 Å². The molecule has 0 aromatic heterocycles. The van der Waals surface area contributed by atoms with Gasteiger partial charge in [-0.1, -0.05) is 0 Å². The van der Waals surface area contributed by atoms with Gasteiger partial charge in [0, 0.05) is 19.5 Å². The van der Waals surface area contributed by atoms with Gasteiger partial charge < -0.3 is 0 Å². The zero-order valence-corrected chi connectivity index (χ0v) is 19.8. The van der Waals surface area contributed by atoms with Crippen LogP contribution in [0.15, 0.2) is 0 Å². The van der Waals surface area contributed by atoms with Crippen molar-refractivity contribution < 1.29 is 19.5 Å². The summed E-state index contributed by atoms with van der Waals surface area (Å²) in [6, 6.07) is 0. The van der Waals surface area contributed by atoms with Crippen molar-refractivity contribution in [2.75, 3.05) is 0 Å². The maximum Gasteiger partial charge on any atom is 0 e. The van der Waals surface area contributed by atoms with E-state index in [1.165, 1.54) is 0 Å². The predicted molar refractivity (Wildman–Crippen MR) is 28.4 cm³/mol. The smallest absolute Gasteiger partial charge is 0 e. The monoisotopic (exact) mass is 564 g/mol. The van der Waals surface area contributed by atoms with Crippen LogP contribution in [-0.2, 0) is 19.5 Å². The molecule has 0 nitrogen and oxygen atoms in total. The Morgan fingerprint density at radius 3 is 1.00 bits per heavy atom. The van der Waals surface area contributed by atoms with E-state index in [9.17, 15) is 0 Å². The normalized spacial score (nSPS) is 0. The molecule has 24 valence electrons. The third kappa shape index (κ3) is 8.89. The molecule has 1 unspecified atom stereocenters. The molecule has 4 heteroatoms. The molecule has 0 aliphatic heterocycles. The Labute approximate surface area is 89.2 Å². The Morgan fingerprint density at radius 2 is 1.00 bits per heavy atom. The first kappa shape index (κ1) is 28.1. The molecule has 0 spiro atoms. The first-order valence-corrected chi connectivity index (χ1v) is 0. The molecule has 2 radical (unpaired) electrons. The Morgan fingerprint density at radius 1 is 1.00 bits per heavy atom. The molecule has 0 N–H and O–H groups in total. The maximum atomic E-state index is 0. The first-order chi connectivity index (χ1) is 0. The number of hydrogen-bond acceptors (Lipinski definition) is 0. The summed E-state index contributed by atoms with van der Waals surface area (Å²) in [4.78, 5) is 0. The molecule has 0 bridgehead atoms. The van der Waals surface area contributed by atoms with Gasteiger partial charge in [-0.2, -0.15) is 0 Å². The van der Waals surface area contributed by atoms with Crippen LogP contribution < -0.4 is 0 Å². The van der Waals surface area contributed by atoms with Crippen LogP contribution in [0.3, 0.4) is 0 Å². The average molecular weight is 565 g/mol. The van der Waals surface area contributed by atoms with Crippen LogP contribution in [0.4, 0.5) is 0 Å². The quantitative estimate of drug-likeness (QED) is 0.271. The van der Waals surface area contributed by atoms with Gasteiger partial charge in [-0.05, 0) is 0 Å². The van der Waals surface area contributed by atoms with Crippen molar-refractivity contribution in [3.05, 3.63) is 0 Å². The fourth-order valence-electron chi connectivity index (χ4n) is 0. The van der Waals surface area contributed by atoms with Crippen LogP contribution in [0, 0.1) is 0 Å². The SMILES string of the molecule is [AsH3].[BiH3].[PbH2].[Zn]. The molecule has 0 amide bonds. The van der Waals surface area contributed by atoms with Crippen molar-refractivity contribution >= 4 is 71.5 Å². The summed E-state index contributed by atoms with van der Waals surface area (Å²) in [6.45, 7) is 0. The van der Waals surface area contributed by atoms with Crippen LogP contribution in [-0.4, -0.2) is 71.5 Å². The minimum atomic E-state index is 0. The van der Waals surface area contributed by atoms with E-state index in [0.29, 0.717) is 0 Å². The van der Waals surface area contributed by atoms with E-state index < -0.39 is 0 Å². The molecule has 0 saturated heterocycles. The van der Waals surface area contributed by atoms with Crippen molar-refractivity contribution in [2.45, 2.75) is 0 Å². The summed E-state index contributed by atoms with van der Waals surface area (Å²) in [5.74, 6) is 0. The van der Waals surface area contributed by atoms with Gasteiger partial charge in [0.15, 0.2) is 0 Å². The molecular formula is H8AsBiPbZn. The molecule has 0 aliphatic carbocycles. The minimum Gasteiger partial charge on any atom is 0 e. The second-order valence-electron chi connectivity index (χ2n) is 0. The van der Waals surface area contributed by atoms with E-state index in [4.69, 9.17) is 0 Å². The van der Waals surface area contributed by atoms with Gasteiger partial charge in [-0.3, -0.25) is 0 Å².